The van der Waals surface area contributed by atoms with E-state index in [1.54, 1.807) is 12.1 Å². The Hall–Kier alpha value is -3.95. The summed E-state index contributed by atoms with van der Waals surface area (Å²) in [4.78, 5) is 18.7. The van der Waals surface area contributed by atoms with E-state index in [2.05, 4.69) is 31.8 Å². The molecule has 1 heterocycles. The van der Waals surface area contributed by atoms with Gasteiger partial charge in [-0.1, -0.05) is 47.2 Å². The summed E-state index contributed by atoms with van der Waals surface area (Å²) in [6.07, 6.45) is 1.37. The van der Waals surface area contributed by atoms with Gasteiger partial charge in [-0.05, 0) is 56.4 Å². The molecule has 8 nitrogen and oxygen atoms in total. The predicted molar refractivity (Wildman–Crippen MR) is 140 cm³/mol. The van der Waals surface area contributed by atoms with Crippen molar-refractivity contribution in [1.82, 2.24) is 15.3 Å². The molecule has 4 rings (SSSR count). The van der Waals surface area contributed by atoms with Gasteiger partial charge in [0.05, 0.1) is 16.4 Å². The maximum Gasteiger partial charge on any atom is 0.341 e. The molecule has 3 aromatic carbocycles. The van der Waals surface area contributed by atoms with Crippen molar-refractivity contribution >= 4 is 38.9 Å². The van der Waals surface area contributed by atoms with Crippen LogP contribution in [0.5, 0.6) is 11.5 Å². The van der Waals surface area contributed by atoms with Gasteiger partial charge in [0.25, 0.3) is 0 Å². The van der Waals surface area contributed by atoms with Gasteiger partial charge >= 0.3 is 6.03 Å². The lowest BCUT2D eigenvalue weighted by atomic mass is 10.2. The van der Waals surface area contributed by atoms with Crippen molar-refractivity contribution in [3.8, 4) is 11.5 Å². The van der Waals surface area contributed by atoms with Gasteiger partial charge in [-0.15, -0.1) is 0 Å². The second kappa shape index (κ2) is 11.0. The van der Waals surface area contributed by atoms with E-state index >= 15 is 0 Å². The number of hydrazone groups is 1. The van der Waals surface area contributed by atoms with Crippen LogP contribution in [0.15, 0.2) is 65.8 Å². The molecule has 35 heavy (non-hydrogen) atoms. The second-order valence-corrected chi connectivity index (χ2v) is 9.41. The third kappa shape index (κ3) is 6.78. The van der Waals surface area contributed by atoms with E-state index in [9.17, 15) is 9.90 Å². The van der Waals surface area contributed by atoms with Gasteiger partial charge in [0, 0.05) is 18.2 Å². The third-order valence-corrected chi connectivity index (χ3v) is 6.00. The van der Waals surface area contributed by atoms with Crippen molar-refractivity contribution in [2.24, 2.45) is 5.10 Å². The summed E-state index contributed by atoms with van der Waals surface area (Å²) in [5.74, 6) is 0.535. The van der Waals surface area contributed by atoms with E-state index < -0.39 is 6.03 Å². The number of amides is 2. The van der Waals surface area contributed by atoms with Crippen LogP contribution in [0.4, 0.5) is 9.93 Å². The van der Waals surface area contributed by atoms with Gasteiger partial charge in [0.15, 0.2) is 5.13 Å². The van der Waals surface area contributed by atoms with Crippen LogP contribution in [0.1, 0.15) is 22.3 Å². The Bertz CT molecular complexity index is 1350. The Balaban J connectivity index is 1.30. The fourth-order valence-electron chi connectivity index (χ4n) is 3.34. The minimum absolute atomic E-state index is 0.00272. The van der Waals surface area contributed by atoms with Crippen molar-refractivity contribution in [2.45, 2.75) is 20.1 Å². The first-order valence-corrected chi connectivity index (χ1v) is 11.8. The fraction of sp³-hybridized carbons (Fsp3) is 0.192. The Morgan fingerprint density at radius 3 is 2.63 bits per heavy atom. The number of aromatic nitrogens is 1. The molecule has 0 bridgehead atoms. The van der Waals surface area contributed by atoms with Gasteiger partial charge in [-0.3, -0.25) is 5.32 Å². The van der Waals surface area contributed by atoms with Crippen LogP contribution in [0.3, 0.4) is 0 Å². The molecule has 0 spiro atoms. The van der Waals surface area contributed by atoms with Crippen molar-refractivity contribution < 1.29 is 14.6 Å². The Kier molecular flexibility index (Phi) is 7.59. The summed E-state index contributed by atoms with van der Waals surface area (Å²) in [6.45, 7) is 3.26. The van der Waals surface area contributed by atoms with Gasteiger partial charge in [-0.2, -0.15) is 5.10 Å². The number of hydrogen-bond donors (Lipinski definition) is 3. The topological polar surface area (TPSA) is 99.1 Å². The summed E-state index contributed by atoms with van der Waals surface area (Å²) in [5, 5.41) is 17.4. The van der Waals surface area contributed by atoms with Crippen molar-refractivity contribution in [3.63, 3.8) is 0 Å². The number of carbonyl (C=O) groups is 1. The molecule has 1 aromatic heterocycles. The molecule has 3 N–H and O–H groups in total. The first kappa shape index (κ1) is 24.2. The molecular formula is C26H27N5O3S. The summed E-state index contributed by atoms with van der Waals surface area (Å²) in [6, 6.07) is 18.5. The lowest BCUT2D eigenvalue weighted by Crippen LogP contribution is -2.24. The summed E-state index contributed by atoms with van der Waals surface area (Å²) >= 11 is 1.40. The average Bonchev–Trinajstić information content (AvgIpc) is 3.21. The maximum absolute atomic E-state index is 12.2. The number of rotatable bonds is 8. The molecule has 4 aromatic rings. The van der Waals surface area contributed by atoms with E-state index in [1.165, 1.54) is 34.7 Å². The summed E-state index contributed by atoms with van der Waals surface area (Å²) < 4.78 is 6.73. The number of aryl methyl sites for hydroxylation is 1. The van der Waals surface area contributed by atoms with E-state index in [1.807, 2.05) is 57.4 Å². The number of phenolic OH excluding ortho intramolecular Hbond substituents is 1. The van der Waals surface area contributed by atoms with Crippen molar-refractivity contribution in [3.05, 3.63) is 82.9 Å². The van der Waals surface area contributed by atoms with Crippen LogP contribution >= 0.6 is 11.3 Å². The number of phenols is 1. The Morgan fingerprint density at radius 1 is 1.11 bits per heavy atom. The zero-order valence-corrected chi connectivity index (χ0v) is 20.6. The standard InChI is InChI=1S/C26H27N5O3S/c1-17-4-6-18(7-5-17)16-34-21-10-9-20(23(32)13-21)14-27-30-25(33)29-26-28-22-11-8-19(15-31(2)3)12-24(22)35-26/h4-14,32H,15-16H2,1-3H3,(H2,28,29,30,33)/b27-14+. The molecule has 2 amide bonds. The molecule has 0 aliphatic carbocycles. The van der Waals surface area contributed by atoms with E-state index in [0.29, 0.717) is 23.1 Å². The zero-order valence-electron chi connectivity index (χ0n) is 19.8. The number of thiazole rings is 1. The number of anilines is 1. The number of nitrogens with one attached hydrogen (secondary N) is 2. The molecule has 0 aliphatic rings. The van der Waals surface area contributed by atoms with Gasteiger partial charge in [0.2, 0.25) is 0 Å². The molecule has 0 saturated heterocycles. The number of hydrogen-bond acceptors (Lipinski definition) is 7. The predicted octanol–water partition coefficient (Wildman–Crippen LogP) is 5.11. The van der Waals surface area contributed by atoms with Gasteiger partial charge in [-0.25, -0.2) is 15.2 Å². The first-order chi connectivity index (χ1) is 16.9. The molecule has 0 atom stereocenters. The highest BCUT2D eigenvalue weighted by Crippen LogP contribution is 2.27. The number of nitrogens with zero attached hydrogens (tertiary/aromatic N) is 3. The Morgan fingerprint density at radius 2 is 1.89 bits per heavy atom. The summed E-state index contributed by atoms with van der Waals surface area (Å²) in [5.41, 5.74) is 7.07. The van der Waals surface area contributed by atoms with E-state index in [4.69, 9.17) is 4.74 Å². The molecule has 0 aliphatic heterocycles. The third-order valence-electron chi connectivity index (χ3n) is 5.07. The van der Waals surface area contributed by atoms with Crippen molar-refractivity contribution in [2.75, 3.05) is 19.4 Å². The second-order valence-electron chi connectivity index (χ2n) is 8.38. The minimum Gasteiger partial charge on any atom is -0.507 e. The zero-order chi connectivity index (χ0) is 24.8. The van der Waals surface area contributed by atoms with Crippen LogP contribution in [-0.4, -0.2) is 41.3 Å². The van der Waals surface area contributed by atoms with E-state index in [0.717, 1.165) is 22.3 Å². The smallest absolute Gasteiger partial charge is 0.341 e. The monoisotopic (exact) mass is 489 g/mol. The van der Waals surface area contributed by atoms with Crippen LogP contribution in [0.25, 0.3) is 10.2 Å². The first-order valence-electron chi connectivity index (χ1n) is 11.0. The highest BCUT2D eigenvalue weighted by Gasteiger charge is 2.09. The number of fused-ring (bicyclic) bond motifs is 1. The van der Waals surface area contributed by atoms with Crippen molar-refractivity contribution in [1.29, 1.82) is 0 Å². The fourth-order valence-corrected chi connectivity index (χ4v) is 4.27. The number of ether oxygens (including phenoxy) is 1. The largest absolute Gasteiger partial charge is 0.507 e. The minimum atomic E-state index is -0.522. The van der Waals surface area contributed by atoms with Gasteiger partial charge in [0.1, 0.15) is 18.1 Å². The maximum atomic E-state index is 12.2. The number of carbonyl (C=O) groups excluding carboxylic acids is 1. The molecular weight excluding hydrogens is 462 g/mol. The quantitative estimate of drug-likeness (QED) is 0.236. The van der Waals surface area contributed by atoms with E-state index in [-0.39, 0.29) is 5.75 Å². The van der Waals surface area contributed by atoms with Crippen LogP contribution in [-0.2, 0) is 13.2 Å². The molecule has 9 heteroatoms. The van der Waals surface area contributed by atoms with Gasteiger partial charge < -0.3 is 14.7 Å². The number of urea groups is 1. The van der Waals surface area contributed by atoms with Crippen LogP contribution in [0, 0.1) is 6.92 Å². The molecule has 180 valence electrons. The van der Waals surface area contributed by atoms with Crippen LogP contribution in [0.2, 0.25) is 0 Å². The normalized spacial score (nSPS) is 11.3. The number of aromatic hydroxyl groups is 1. The molecule has 0 saturated carbocycles. The molecule has 0 unspecified atom stereocenters. The molecule has 0 fully saturated rings. The van der Waals surface area contributed by atoms with Crippen LogP contribution < -0.4 is 15.5 Å². The highest BCUT2D eigenvalue weighted by molar-refractivity contribution is 7.22. The SMILES string of the molecule is Cc1ccc(COc2ccc(/C=N/NC(=O)Nc3nc4ccc(CN(C)C)cc4s3)c(O)c2)cc1. The lowest BCUT2D eigenvalue weighted by Gasteiger charge is -2.08. The highest BCUT2D eigenvalue weighted by atomic mass is 32.1. The Labute approximate surface area is 207 Å². The lowest BCUT2D eigenvalue weighted by molar-refractivity contribution is 0.252. The molecule has 0 radical (unpaired) electrons. The average molecular weight is 490 g/mol. The summed E-state index contributed by atoms with van der Waals surface area (Å²) in [7, 11) is 4.03. The number of benzene rings is 3.